The van der Waals surface area contributed by atoms with Crippen molar-refractivity contribution in [2.45, 2.75) is 24.8 Å². The predicted octanol–water partition coefficient (Wildman–Crippen LogP) is 3.85. The van der Waals surface area contributed by atoms with Crippen molar-refractivity contribution in [2.75, 3.05) is 26.2 Å². The van der Waals surface area contributed by atoms with Crippen LogP contribution in [0.5, 0.6) is 0 Å². The van der Waals surface area contributed by atoms with Gasteiger partial charge in [-0.2, -0.15) is 0 Å². The van der Waals surface area contributed by atoms with E-state index in [4.69, 9.17) is 0 Å². The van der Waals surface area contributed by atoms with E-state index in [0.29, 0.717) is 12.5 Å². The van der Waals surface area contributed by atoms with Crippen LogP contribution in [-0.2, 0) is 17.6 Å². The van der Waals surface area contributed by atoms with Crippen LogP contribution in [0, 0.1) is 0 Å². The third-order valence-electron chi connectivity index (χ3n) is 6.52. The van der Waals surface area contributed by atoms with Gasteiger partial charge >= 0.3 is 0 Å². The fourth-order valence-corrected chi connectivity index (χ4v) is 4.92. The van der Waals surface area contributed by atoms with Crippen LogP contribution >= 0.6 is 0 Å². The molecular formula is C26H27N3O. The lowest BCUT2D eigenvalue weighted by Crippen LogP contribution is -2.53. The highest BCUT2D eigenvalue weighted by Crippen LogP contribution is 2.34. The SMILES string of the molecule is O=C(C(Cc1ccccn1)c1ccccc1)N1CCN2CCc3ccccc3C2C1. The lowest BCUT2D eigenvalue weighted by Gasteiger charge is -2.45. The van der Waals surface area contributed by atoms with Crippen molar-refractivity contribution in [1.82, 2.24) is 14.8 Å². The summed E-state index contributed by atoms with van der Waals surface area (Å²) in [7, 11) is 0. The highest BCUT2D eigenvalue weighted by atomic mass is 16.2. The molecule has 1 amide bonds. The van der Waals surface area contributed by atoms with E-state index in [-0.39, 0.29) is 11.8 Å². The molecule has 2 atom stereocenters. The summed E-state index contributed by atoms with van der Waals surface area (Å²) in [6.07, 6.45) is 3.54. The van der Waals surface area contributed by atoms with Crippen LogP contribution in [0.25, 0.3) is 0 Å². The summed E-state index contributed by atoms with van der Waals surface area (Å²) in [6.45, 7) is 3.58. The van der Waals surface area contributed by atoms with Gasteiger partial charge in [0.25, 0.3) is 0 Å². The van der Waals surface area contributed by atoms with Crippen LogP contribution in [0.2, 0.25) is 0 Å². The Balaban J connectivity index is 1.41. The zero-order valence-electron chi connectivity index (χ0n) is 17.2. The van der Waals surface area contributed by atoms with Crippen LogP contribution in [0.1, 0.15) is 34.3 Å². The molecule has 1 fully saturated rings. The van der Waals surface area contributed by atoms with Crippen LogP contribution < -0.4 is 0 Å². The second-order valence-electron chi connectivity index (χ2n) is 8.27. The van der Waals surface area contributed by atoms with Crippen molar-refractivity contribution in [1.29, 1.82) is 0 Å². The molecule has 0 spiro atoms. The average molecular weight is 398 g/mol. The Morgan fingerprint density at radius 1 is 0.933 bits per heavy atom. The molecule has 2 aliphatic heterocycles. The van der Waals surface area contributed by atoms with E-state index in [2.05, 4.69) is 51.2 Å². The number of carbonyl (C=O) groups excluding carboxylic acids is 1. The molecule has 3 heterocycles. The minimum Gasteiger partial charge on any atom is -0.339 e. The molecule has 4 nitrogen and oxygen atoms in total. The number of pyridine rings is 1. The normalized spacial score (nSPS) is 19.6. The van der Waals surface area contributed by atoms with E-state index in [9.17, 15) is 4.79 Å². The van der Waals surface area contributed by atoms with Crippen molar-refractivity contribution in [3.63, 3.8) is 0 Å². The first kappa shape index (κ1) is 19.0. The van der Waals surface area contributed by atoms with Gasteiger partial charge in [0.1, 0.15) is 0 Å². The van der Waals surface area contributed by atoms with Crippen LogP contribution in [-0.4, -0.2) is 46.9 Å². The minimum absolute atomic E-state index is 0.202. The summed E-state index contributed by atoms with van der Waals surface area (Å²) < 4.78 is 0. The Labute approximate surface area is 178 Å². The summed E-state index contributed by atoms with van der Waals surface area (Å²) in [5, 5.41) is 0. The largest absolute Gasteiger partial charge is 0.339 e. The third-order valence-corrected chi connectivity index (χ3v) is 6.52. The van der Waals surface area contributed by atoms with E-state index < -0.39 is 0 Å². The molecule has 4 heteroatoms. The Hall–Kier alpha value is -2.98. The fraction of sp³-hybridized carbons (Fsp3) is 0.308. The molecule has 5 rings (SSSR count). The molecule has 1 saturated heterocycles. The van der Waals surface area contributed by atoms with Crippen molar-refractivity contribution in [3.05, 3.63) is 101 Å². The maximum Gasteiger partial charge on any atom is 0.230 e. The maximum atomic E-state index is 13.8. The van der Waals surface area contributed by atoms with Gasteiger partial charge in [-0.15, -0.1) is 0 Å². The number of aromatic nitrogens is 1. The number of hydrogen-bond donors (Lipinski definition) is 0. The van der Waals surface area contributed by atoms with Crippen molar-refractivity contribution < 1.29 is 4.79 Å². The van der Waals surface area contributed by atoms with Crippen LogP contribution in [0.3, 0.4) is 0 Å². The van der Waals surface area contributed by atoms with E-state index in [1.165, 1.54) is 11.1 Å². The molecule has 152 valence electrons. The molecule has 1 aromatic heterocycles. The Kier molecular flexibility index (Phi) is 5.33. The monoisotopic (exact) mass is 397 g/mol. The van der Waals surface area contributed by atoms with E-state index >= 15 is 0 Å². The first-order chi connectivity index (χ1) is 14.8. The molecule has 30 heavy (non-hydrogen) atoms. The Morgan fingerprint density at radius 3 is 2.57 bits per heavy atom. The summed E-state index contributed by atoms with van der Waals surface area (Å²) in [6, 6.07) is 25.1. The van der Waals surface area contributed by atoms with E-state index in [1.54, 1.807) is 6.20 Å². The number of carbonyl (C=O) groups is 1. The highest BCUT2D eigenvalue weighted by Gasteiger charge is 2.36. The number of benzene rings is 2. The number of hydrogen-bond acceptors (Lipinski definition) is 3. The predicted molar refractivity (Wildman–Crippen MR) is 118 cm³/mol. The lowest BCUT2D eigenvalue weighted by molar-refractivity contribution is -0.136. The molecule has 2 unspecified atom stereocenters. The van der Waals surface area contributed by atoms with Gasteiger partial charge in [-0.1, -0.05) is 60.7 Å². The topological polar surface area (TPSA) is 36.4 Å². The summed E-state index contributed by atoms with van der Waals surface area (Å²) in [5.74, 6) is 0.0149. The Bertz CT molecular complexity index is 1010. The average Bonchev–Trinajstić information content (AvgIpc) is 2.83. The first-order valence-corrected chi connectivity index (χ1v) is 10.8. The molecule has 3 aromatic rings. The van der Waals surface area contributed by atoms with Crippen LogP contribution in [0.4, 0.5) is 0 Å². The van der Waals surface area contributed by atoms with E-state index in [0.717, 1.165) is 43.9 Å². The summed E-state index contributed by atoms with van der Waals surface area (Å²) in [4.78, 5) is 22.9. The standard InChI is InChI=1S/C26H27N3O/c30-26(24(20-8-2-1-3-9-20)18-22-11-6-7-14-27-22)29-17-16-28-15-13-21-10-4-5-12-23(21)25(28)19-29/h1-12,14,24-25H,13,15-19H2. The van der Waals surface area contributed by atoms with Gasteiger partial charge in [-0.25, -0.2) is 0 Å². The van der Waals surface area contributed by atoms with Crippen molar-refractivity contribution in [2.24, 2.45) is 0 Å². The van der Waals surface area contributed by atoms with Gasteiger partial charge in [0.2, 0.25) is 5.91 Å². The number of piperazine rings is 1. The van der Waals surface area contributed by atoms with Gasteiger partial charge in [0.05, 0.1) is 12.0 Å². The zero-order chi connectivity index (χ0) is 20.3. The maximum absolute atomic E-state index is 13.8. The molecule has 0 aliphatic carbocycles. The third kappa shape index (κ3) is 3.75. The first-order valence-electron chi connectivity index (χ1n) is 10.8. The van der Waals surface area contributed by atoms with E-state index in [1.807, 2.05) is 36.4 Å². The lowest BCUT2D eigenvalue weighted by atomic mass is 9.89. The highest BCUT2D eigenvalue weighted by molar-refractivity contribution is 5.84. The molecule has 2 aromatic carbocycles. The molecule has 2 aliphatic rings. The molecule has 0 saturated carbocycles. The number of fused-ring (bicyclic) bond motifs is 3. The van der Waals surface area contributed by atoms with Gasteiger partial charge < -0.3 is 4.90 Å². The van der Waals surface area contributed by atoms with Crippen molar-refractivity contribution in [3.8, 4) is 0 Å². The summed E-state index contributed by atoms with van der Waals surface area (Å²) in [5.41, 5.74) is 4.85. The molecule has 0 radical (unpaired) electrons. The second kappa shape index (κ2) is 8.41. The fourth-order valence-electron chi connectivity index (χ4n) is 4.92. The molecule has 0 N–H and O–H groups in total. The number of rotatable bonds is 4. The summed E-state index contributed by atoms with van der Waals surface area (Å²) >= 11 is 0. The Morgan fingerprint density at radius 2 is 1.73 bits per heavy atom. The molecular weight excluding hydrogens is 370 g/mol. The van der Waals surface area contributed by atoms with Gasteiger partial charge in [-0.3, -0.25) is 14.7 Å². The molecule has 0 bridgehead atoms. The zero-order valence-corrected chi connectivity index (χ0v) is 17.2. The van der Waals surface area contributed by atoms with Gasteiger partial charge in [0.15, 0.2) is 0 Å². The quantitative estimate of drug-likeness (QED) is 0.671. The van der Waals surface area contributed by atoms with Crippen LogP contribution in [0.15, 0.2) is 79.0 Å². The number of amides is 1. The smallest absolute Gasteiger partial charge is 0.230 e. The van der Waals surface area contributed by atoms with Gasteiger partial charge in [-0.05, 0) is 35.2 Å². The van der Waals surface area contributed by atoms with Crippen molar-refractivity contribution >= 4 is 5.91 Å². The van der Waals surface area contributed by atoms with Gasteiger partial charge in [0, 0.05) is 44.5 Å². The minimum atomic E-state index is -0.202. The number of nitrogens with zero attached hydrogens (tertiary/aromatic N) is 3. The second-order valence-corrected chi connectivity index (χ2v) is 8.27.